The van der Waals surface area contributed by atoms with Crippen LogP contribution >= 0.6 is 0 Å². The van der Waals surface area contributed by atoms with Crippen molar-refractivity contribution in [3.63, 3.8) is 0 Å². The van der Waals surface area contributed by atoms with Gasteiger partial charge in [0.05, 0.1) is 23.0 Å². The van der Waals surface area contributed by atoms with Gasteiger partial charge in [-0.05, 0) is 49.7 Å². The molecule has 0 atom stereocenters. The van der Waals surface area contributed by atoms with Gasteiger partial charge >= 0.3 is 6.03 Å². The molecular weight excluding hydrogens is 320 g/mol. The predicted octanol–water partition coefficient (Wildman–Crippen LogP) is 1.25. The van der Waals surface area contributed by atoms with E-state index in [4.69, 9.17) is 0 Å². The lowest BCUT2D eigenvalue weighted by Crippen LogP contribution is -2.49. The molecule has 7 nitrogen and oxygen atoms in total. The van der Waals surface area contributed by atoms with Crippen molar-refractivity contribution in [2.24, 2.45) is 0 Å². The number of fused-ring (bicyclic) bond motifs is 1. The molecule has 3 amide bonds. The normalized spacial score (nSPS) is 20.6. The summed E-state index contributed by atoms with van der Waals surface area (Å²) in [6, 6.07) is 7.22. The molecule has 4 rings (SSSR count). The number of aromatic nitrogens is 1. The summed E-state index contributed by atoms with van der Waals surface area (Å²) in [5.41, 5.74) is 1.49. The van der Waals surface area contributed by atoms with E-state index >= 15 is 0 Å². The standard InChI is InChI=1S/C18H20N4O3/c23-16-3-8-22(17(24)21-16)14-10-12-9-13(1-2-15(12)20-11-14)18(25)4-6-19-7-5-18/h1-2,9-11,19,25H,3-8H2,(H,21,23,24). The van der Waals surface area contributed by atoms with Gasteiger partial charge in [0.1, 0.15) is 0 Å². The van der Waals surface area contributed by atoms with Gasteiger partial charge in [0, 0.05) is 18.4 Å². The van der Waals surface area contributed by atoms with E-state index in [1.807, 2.05) is 24.3 Å². The van der Waals surface area contributed by atoms with Crippen LogP contribution < -0.4 is 15.5 Å². The molecule has 0 radical (unpaired) electrons. The maximum Gasteiger partial charge on any atom is 0.328 e. The number of anilines is 1. The summed E-state index contributed by atoms with van der Waals surface area (Å²) in [5, 5.41) is 17.4. The number of aliphatic hydroxyl groups is 1. The molecule has 3 heterocycles. The second-order valence-electron chi connectivity index (χ2n) is 6.64. The minimum absolute atomic E-state index is 0.259. The van der Waals surface area contributed by atoms with Crippen molar-refractivity contribution in [3.8, 4) is 0 Å². The van der Waals surface area contributed by atoms with Gasteiger partial charge in [-0.25, -0.2) is 4.79 Å². The molecule has 2 aromatic rings. The molecule has 0 saturated carbocycles. The van der Waals surface area contributed by atoms with Crippen molar-refractivity contribution < 1.29 is 14.7 Å². The first-order chi connectivity index (χ1) is 12.0. The molecule has 2 aliphatic rings. The second-order valence-corrected chi connectivity index (χ2v) is 6.64. The number of hydrogen-bond acceptors (Lipinski definition) is 5. The number of hydrogen-bond donors (Lipinski definition) is 3. The molecule has 0 aliphatic carbocycles. The third-order valence-corrected chi connectivity index (χ3v) is 5.00. The van der Waals surface area contributed by atoms with E-state index in [1.165, 1.54) is 4.90 Å². The summed E-state index contributed by atoms with van der Waals surface area (Å²) < 4.78 is 0. The molecule has 2 aliphatic heterocycles. The maximum atomic E-state index is 12.0. The zero-order valence-corrected chi connectivity index (χ0v) is 13.8. The Kier molecular flexibility index (Phi) is 3.89. The molecule has 7 heteroatoms. The van der Waals surface area contributed by atoms with Crippen LogP contribution in [0.3, 0.4) is 0 Å². The molecular formula is C18H20N4O3. The lowest BCUT2D eigenvalue weighted by Gasteiger charge is -2.33. The molecule has 0 unspecified atom stereocenters. The van der Waals surface area contributed by atoms with Crippen molar-refractivity contribution in [2.45, 2.75) is 24.9 Å². The van der Waals surface area contributed by atoms with E-state index in [1.54, 1.807) is 6.20 Å². The van der Waals surface area contributed by atoms with Gasteiger partial charge in [-0.15, -0.1) is 0 Å². The topological polar surface area (TPSA) is 94.6 Å². The Labute approximate surface area is 145 Å². The van der Waals surface area contributed by atoms with Crippen LogP contribution in [-0.2, 0) is 10.4 Å². The number of pyridine rings is 1. The van der Waals surface area contributed by atoms with Crippen molar-refractivity contribution in [1.82, 2.24) is 15.6 Å². The highest BCUT2D eigenvalue weighted by Crippen LogP contribution is 2.33. The monoisotopic (exact) mass is 340 g/mol. The number of nitrogens with one attached hydrogen (secondary N) is 2. The maximum absolute atomic E-state index is 12.0. The first-order valence-corrected chi connectivity index (χ1v) is 8.50. The lowest BCUT2D eigenvalue weighted by atomic mass is 9.84. The van der Waals surface area contributed by atoms with Crippen molar-refractivity contribution in [3.05, 3.63) is 36.0 Å². The van der Waals surface area contributed by atoms with Crippen LogP contribution in [0, 0.1) is 0 Å². The van der Waals surface area contributed by atoms with Crippen molar-refractivity contribution in [2.75, 3.05) is 24.5 Å². The molecule has 3 N–H and O–H groups in total. The summed E-state index contributed by atoms with van der Waals surface area (Å²) in [7, 11) is 0. The van der Waals surface area contributed by atoms with Crippen molar-refractivity contribution >= 4 is 28.5 Å². The molecule has 25 heavy (non-hydrogen) atoms. The van der Waals surface area contributed by atoms with E-state index in [-0.39, 0.29) is 12.3 Å². The zero-order valence-electron chi connectivity index (χ0n) is 13.8. The number of carbonyl (C=O) groups excluding carboxylic acids is 2. The fraction of sp³-hybridized carbons (Fsp3) is 0.389. The van der Waals surface area contributed by atoms with Gasteiger partial charge in [0.2, 0.25) is 5.91 Å². The van der Waals surface area contributed by atoms with Gasteiger partial charge in [0.25, 0.3) is 0 Å². The number of piperidine rings is 1. The summed E-state index contributed by atoms with van der Waals surface area (Å²) in [6.45, 7) is 1.91. The average Bonchev–Trinajstić information content (AvgIpc) is 2.61. The smallest absolute Gasteiger partial charge is 0.328 e. The number of carbonyl (C=O) groups is 2. The number of urea groups is 1. The molecule has 130 valence electrons. The largest absolute Gasteiger partial charge is 0.385 e. The SMILES string of the molecule is O=C1CCN(c2cnc3ccc(C4(O)CCNCC4)cc3c2)C(=O)N1. The summed E-state index contributed by atoms with van der Waals surface area (Å²) in [6.07, 6.45) is 3.25. The Morgan fingerprint density at radius 1 is 1.16 bits per heavy atom. The van der Waals surface area contributed by atoms with E-state index in [0.717, 1.165) is 29.6 Å². The fourth-order valence-electron chi connectivity index (χ4n) is 3.50. The summed E-state index contributed by atoms with van der Waals surface area (Å²) >= 11 is 0. The number of amides is 3. The molecule has 0 spiro atoms. The van der Waals surface area contributed by atoms with Gasteiger partial charge in [-0.2, -0.15) is 0 Å². The van der Waals surface area contributed by atoms with Crippen LogP contribution in [0.2, 0.25) is 0 Å². The van der Waals surface area contributed by atoms with E-state index in [2.05, 4.69) is 15.6 Å². The Balaban J connectivity index is 1.69. The predicted molar refractivity (Wildman–Crippen MR) is 93.2 cm³/mol. The highest BCUT2D eigenvalue weighted by molar-refractivity contribution is 6.06. The van der Waals surface area contributed by atoms with E-state index < -0.39 is 11.6 Å². The Hall–Kier alpha value is -2.51. The first kappa shape index (κ1) is 16.0. The summed E-state index contributed by atoms with van der Waals surface area (Å²) in [5.74, 6) is -0.259. The molecule has 1 aromatic carbocycles. The number of nitrogens with zero attached hydrogens (tertiary/aromatic N) is 2. The van der Waals surface area contributed by atoms with Crippen molar-refractivity contribution in [1.29, 1.82) is 0 Å². The number of imide groups is 1. The minimum Gasteiger partial charge on any atom is -0.385 e. The first-order valence-electron chi connectivity index (χ1n) is 8.50. The van der Waals surface area contributed by atoms with Gasteiger partial charge in [-0.1, -0.05) is 6.07 Å². The highest BCUT2D eigenvalue weighted by atomic mass is 16.3. The quantitative estimate of drug-likeness (QED) is 0.765. The molecule has 0 bridgehead atoms. The van der Waals surface area contributed by atoms with Crippen LogP contribution in [-0.4, -0.2) is 41.7 Å². The molecule has 2 fully saturated rings. The van der Waals surface area contributed by atoms with Crippen LogP contribution in [0.4, 0.5) is 10.5 Å². The Morgan fingerprint density at radius 3 is 2.72 bits per heavy atom. The van der Waals surface area contributed by atoms with Crippen LogP contribution in [0.25, 0.3) is 10.9 Å². The van der Waals surface area contributed by atoms with Crippen LogP contribution in [0.15, 0.2) is 30.5 Å². The van der Waals surface area contributed by atoms with Gasteiger partial charge in [-0.3, -0.25) is 20.0 Å². The second kappa shape index (κ2) is 6.09. The van der Waals surface area contributed by atoms with Gasteiger partial charge < -0.3 is 10.4 Å². The zero-order chi connectivity index (χ0) is 17.4. The van der Waals surface area contributed by atoms with Crippen LogP contribution in [0.1, 0.15) is 24.8 Å². The minimum atomic E-state index is -0.829. The number of benzene rings is 1. The molecule has 2 saturated heterocycles. The van der Waals surface area contributed by atoms with Gasteiger partial charge in [0.15, 0.2) is 0 Å². The Bertz CT molecular complexity index is 845. The van der Waals surface area contributed by atoms with E-state index in [0.29, 0.717) is 25.1 Å². The van der Waals surface area contributed by atoms with Crippen LogP contribution in [0.5, 0.6) is 0 Å². The average molecular weight is 340 g/mol. The third-order valence-electron chi connectivity index (χ3n) is 5.00. The highest BCUT2D eigenvalue weighted by Gasteiger charge is 2.31. The van der Waals surface area contributed by atoms with E-state index in [9.17, 15) is 14.7 Å². The number of rotatable bonds is 2. The third kappa shape index (κ3) is 2.96. The lowest BCUT2D eigenvalue weighted by molar-refractivity contribution is -0.120. The fourth-order valence-corrected chi connectivity index (χ4v) is 3.50. The summed E-state index contributed by atoms with van der Waals surface area (Å²) in [4.78, 5) is 29.3. The molecule has 1 aromatic heterocycles. The Morgan fingerprint density at radius 2 is 1.96 bits per heavy atom.